The highest BCUT2D eigenvalue weighted by Gasteiger charge is 2.23. The second-order valence-corrected chi connectivity index (χ2v) is 7.58. The van der Waals surface area contributed by atoms with Crippen LogP contribution in [0.25, 0.3) is 0 Å². The van der Waals surface area contributed by atoms with Crippen LogP contribution >= 0.6 is 11.6 Å². The summed E-state index contributed by atoms with van der Waals surface area (Å²) < 4.78 is 0. The van der Waals surface area contributed by atoms with E-state index in [0.717, 1.165) is 22.5 Å². The van der Waals surface area contributed by atoms with Crippen LogP contribution in [0.1, 0.15) is 31.9 Å². The van der Waals surface area contributed by atoms with Crippen molar-refractivity contribution in [2.45, 2.75) is 26.3 Å². The Morgan fingerprint density at radius 1 is 0.769 bits per heavy atom. The van der Waals surface area contributed by atoms with Gasteiger partial charge in [-0.05, 0) is 39.0 Å². The number of rotatable bonds is 4. The first-order valence-corrected chi connectivity index (χ1v) is 9.08. The molecular weight excluding hydrogens is 340 g/mol. The van der Waals surface area contributed by atoms with Crippen LogP contribution in [0.3, 0.4) is 0 Å². The van der Waals surface area contributed by atoms with Crippen LogP contribution in [-0.4, -0.2) is 11.3 Å². The zero-order valence-electron chi connectivity index (χ0n) is 15.4. The van der Waals surface area contributed by atoms with Crippen molar-refractivity contribution in [2.75, 3.05) is 5.01 Å². The van der Waals surface area contributed by atoms with Gasteiger partial charge in [0, 0.05) is 16.1 Å². The van der Waals surface area contributed by atoms with Crippen LogP contribution < -0.4 is 5.01 Å². The van der Waals surface area contributed by atoms with Gasteiger partial charge in [-0.15, -0.1) is 0 Å². The number of hydrogen-bond acceptors (Lipinski definition) is 2. The maximum Gasteiger partial charge on any atom is 0.0980 e. The van der Waals surface area contributed by atoms with Gasteiger partial charge in [0.25, 0.3) is 0 Å². The fourth-order valence-corrected chi connectivity index (χ4v) is 2.96. The van der Waals surface area contributed by atoms with E-state index < -0.39 is 0 Å². The molecule has 132 valence electrons. The summed E-state index contributed by atoms with van der Waals surface area (Å²) in [6.45, 7) is 6.43. The Hall–Kier alpha value is -2.58. The van der Waals surface area contributed by atoms with Crippen molar-refractivity contribution < 1.29 is 0 Å². The molecule has 0 radical (unpaired) electrons. The van der Waals surface area contributed by atoms with Crippen molar-refractivity contribution in [1.29, 1.82) is 0 Å². The highest BCUT2D eigenvalue weighted by Crippen LogP contribution is 2.28. The predicted molar refractivity (Wildman–Crippen MR) is 112 cm³/mol. The molecule has 0 atom stereocenters. The minimum atomic E-state index is -0.209. The monoisotopic (exact) mass is 362 g/mol. The molecule has 0 fully saturated rings. The van der Waals surface area contributed by atoms with E-state index in [9.17, 15) is 0 Å². The third kappa shape index (κ3) is 4.33. The quantitative estimate of drug-likeness (QED) is 0.387. The van der Waals surface area contributed by atoms with Gasteiger partial charge >= 0.3 is 0 Å². The van der Waals surface area contributed by atoms with Gasteiger partial charge in [0.1, 0.15) is 0 Å². The third-order valence-electron chi connectivity index (χ3n) is 3.98. The summed E-state index contributed by atoms with van der Waals surface area (Å²) >= 11 is 6.23. The fraction of sp³-hybridized carbons (Fsp3) is 0.174. The molecule has 0 bridgehead atoms. The second kappa shape index (κ2) is 7.76. The first-order valence-electron chi connectivity index (χ1n) is 8.70. The van der Waals surface area contributed by atoms with E-state index in [2.05, 4.69) is 45.0 Å². The van der Waals surface area contributed by atoms with E-state index in [1.807, 2.05) is 65.7 Å². The van der Waals surface area contributed by atoms with E-state index >= 15 is 0 Å². The van der Waals surface area contributed by atoms with Crippen LogP contribution in [0, 0.1) is 0 Å². The average Bonchev–Trinajstić information content (AvgIpc) is 2.63. The summed E-state index contributed by atoms with van der Waals surface area (Å²) in [5.41, 5.74) is 3.85. The molecule has 3 rings (SSSR count). The summed E-state index contributed by atoms with van der Waals surface area (Å²) in [5.74, 6) is 0. The molecule has 26 heavy (non-hydrogen) atoms. The summed E-state index contributed by atoms with van der Waals surface area (Å²) in [4.78, 5) is 0. The van der Waals surface area contributed by atoms with Crippen molar-refractivity contribution in [3.63, 3.8) is 0 Å². The highest BCUT2D eigenvalue weighted by molar-refractivity contribution is 6.30. The summed E-state index contributed by atoms with van der Waals surface area (Å²) in [6, 6.07) is 28.4. The fourth-order valence-electron chi connectivity index (χ4n) is 2.78. The van der Waals surface area contributed by atoms with E-state index in [-0.39, 0.29) is 5.54 Å². The van der Waals surface area contributed by atoms with Crippen LogP contribution in [0.5, 0.6) is 0 Å². The molecule has 2 nitrogen and oxygen atoms in total. The largest absolute Gasteiger partial charge is 0.260 e. The number of benzene rings is 3. The summed E-state index contributed by atoms with van der Waals surface area (Å²) in [6.07, 6.45) is 0. The lowest BCUT2D eigenvalue weighted by atomic mass is 10.0. The lowest BCUT2D eigenvalue weighted by Gasteiger charge is -2.34. The molecule has 3 aromatic rings. The molecule has 3 heteroatoms. The zero-order valence-corrected chi connectivity index (χ0v) is 16.1. The Labute approximate surface area is 160 Å². The van der Waals surface area contributed by atoms with Crippen molar-refractivity contribution in [1.82, 2.24) is 0 Å². The highest BCUT2D eigenvalue weighted by atomic mass is 35.5. The maximum atomic E-state index is 6.23. The first-order chi connectivity index (χ1) is 12.4. The van der Waals surface area contributed by atoms with Gasteiger partial charge in [0.15, 0.2) is 0 Å². The SMILES string of the molecule is CC(C)(C)N(N=C(c1ccccc1)c1ccccc1)c1cccc(Cl)c1. The van der Waals surface area contributed by atoms with Crippen molar-refractivity contribution in [3.05, 3.63) is 101 Å². The Balaban J connectivity index is 2.18. The normalized spacial score (nSPS) is 11.1. The van der Waals surface area contributed by atoms with Crippen LogP contribution in [0.4, 0.5) is 5.69 Å². The Morgan fingerprint density at radius 3 is 1.77 bits per heavy atom. The average molecular weight is 363 g/mol. The van der Waals surface area contributed by atoms with Gasteiger partial charge in [0.05, 0.1) is 16.9 Å². The Kier molecular flexibility index (Phi) is 5.43. The third-order valence-corrected chi connectivity index (χ3v) is 4.22. The molecule has 0 saturated heterocycles. The summed E-state index contributed by atoms with van der Waals surface area (Å²) in [7, 11) is 0. The molecule has 0 unspecified atom stereocenters. The molecule has 0 amide bonds. The molecular formula is C23H23ClN2. The number of hydrogen-bond donors (Lipinski definition) is 0. The topological polar surface area (TPSA) is 15.6 Å². The van der Waals surface area contributed by atoms with Gasteiger partial charge in [-0.2, -0.15) is 5.10 Å². The van der Waals surface area contributed by atoms with Crippen LogP contribution in [0.2, 0.25) is 5.02 Å². The number of halogens is 1. The van der Waals surface area contributed by atoms with Crippen molar-refractivity contribution in [3.8, 4) is 0 Å². The van der Waals surface area contributed by atoms with Gasteiger partial charge in [-0.1, -0.05) is 78.3 Å². The molecule has 0 aliphatic heterocycles. The number of hydrazone groups is 1. The molecule has 0 aliphatic rings. The number of anilines is 1. The summed E-state index contributed by atoms with van der Waals surface area (Å²) in [5, 5.41) is 7.83. The van der Waals surface area contributed by atoms with Gasteiger partial charge in [-0.3, -0.25) is 5.01 Å². The molecule has 0 N–H and O–H groups in total. The molecule has 3 aromatic carbocycles. The molecule has 0 spiro atoms. The van der Waals surface area contributed by atoms with Crippen LogP contribution in [0.15, 0.2) is 90.0 Å². The van der Waals surface area contributed by atoms with Gasteiger partial charge in [-0.25, -0.2) is 0 Å². The lowest BCUT2D eigenvalue weighted by molar-refractivity contribution is 0.516. The molecule has 0 saturated carbocycles. The van der Waals surface area contributed by atoms with E-state index in [4.69, 9.17) is 16.7 Å². The minimum absolute atomic E-state index is 0.209. The van der Waals surface area contributed by atoms with Crippen molar-refractivity contribution >= 4 is 23.0 Å². The smallest absolute Gasteiger partial charge is 0.0980 e. The van der Waals surface area contributed by atoms with E-state index in [0.29, 0.717) is 5.02 Å². The first kappa shape index (κ1) is 18.2. The lowest BCUT2D eigenvalue weighted by Crippen LogP contribution is -2.38. The van der Waals surface area contributed by atoms with E-state index in [1.54, 1.807) is 0 Å². The molecule has 0 aliphatic carbocycles. The van der Waals surface area contributed by atoms with Crippen molar-refractivity contribution in [2.24, 2.45) is 5.10 Å². The molecule has 0 aromatic heterocycles. The zero-order chi connectivity index (χ0) is 18.6. The van der Waals surface area contributed by atoms with Gasteiger partial charge < -0.3 is 0 Å². The van der Waals surface area contributed by atoms with E-state index in [1.165, 1.54) is 0 Å². The predicted octanol–water partition coefficient (Wildman–Crippen LogP) is 6.40. The Morgan fingerprint density at radius 2 is 1.31 bits per heavy atom. The standard InChI is InChI=1S/C23H23ClN2/c1-23(2,3)26(21-16-10-15-20(24)17-21)25-22(18-11-6-4-7-12-18)19-13-8-5-9-14-19/h4-17H,1-3H3. The number of nitrogens with zero attached hydrogens (tertiary/aromatic N) is 2. The molecule has 0 heterocycles. The Bertz CT molecular complexity index is 839. The minimum Gasteiger partial charge on any atom is -0.260 e. The van der Waals surface area contributed by atoms with Crippen LogP contribution in [-0.2, 0) is 0 Å². The maximum absolute atomic E-state index is 6.23. The van der Waals surface area contributed by atoms with Gasteiger partial charge in [0.2, 0.25) is 0 Å². The second-order valence-electron chi connectivity index (χ2n) is 7.14.